The molecule has 132 valence electrons. The zero-order valence-corrected chi connectivity index (χ0v) is 14.4. The van der Waals surface area contributed by atoms with Gasteiger partial charge in [0.1, 0.15) is 0 Å². The number of urea groups is 1. The van der Waals surface area contributed by atoms with Crippen LogP contribution in [0.3, 0.4) is 0 Å². The van der Waals surface area contributed by atoms with Gasteiger partial charge < -0.3 is 15.7 Å². The summed E-state index contributed by atoms with van der Waals surface area (Å²) < 4.78 is 1.67. The summed E-state index contributed by atoms with van der Waals surface area (Å²) in [6.45, 7) is 0.643. The number of aliphatic hydroxyl groups is 1. The topological polar surface area (TPSA) is 79.2 Å². The molecule has 0 saturated heterocycles. The smallest absolute Gasteiger partial charge is 0.315 e. The van der Waals surface area contributed by atoms with Crippen LogP contribution in [0.1, 0.15) is 50.1 Å². The summed E-state index contributed by atoms with van der Waals surface area (Å²) in [4.78, 5) is 12.3. The third-order valence-electron chi connectivity index (χ3n) is 6.40. The van der Waals surface area contributed by atoms with Crippen molar-refractivity contribution in [1.29, 1.82) is 0 Å². The second kappa shape index (κ2) is 6.06. The molecule has 2 amide bonds. The van der Waals surface area contributed by atoms with Crippen molar-refractivity contribution in [2.75, 3.05) is 13.2 Å². The van der Waals surface area contributed by atoms with Crippen LogP contribution in [0, 0.1) is 23.2 Å². The Bertz CT molecular complexity index is 577. The third kappa shape index (κ3) is 3.04. The molecule has 1 atom stereocenters. The van der Waals surface area contributed by atoms with E-state index in [9.17, 15) is 9.90 Å². The standard InChI is InChI=1S/C18H28N4O2/c1-22-9-15(8-20-22)16(10-23)21-17(24)19-11-18-5-12-2-13(6-18)4-14(3-12)7-18/h8-9,12-14,16,23H,2-7,10-11H2,1H3,(H2,19,21,24)/t12?,13?,14?,16-,18?/m1/s1. The van der Waals surface area contributed by atoms with Gasteiger partial charge >= 0.3 is 6.03 Å². The molecule has 0 spiro atoms. The van der Waals surface area contributed by atoms with E-state index in [0.717, 1.165) is 29.9 Å². The molecular weight excluding hydrogens is 304 g/mol. The molecule has 6 heteroatoms. The molecule has 4 aliphatic carbocycles. The molecule has 24 heavy (non-hydrogen) atoms. The van der Waals surface area contributed by atoms with Gasteiger partial charge in [0.05, 0.1) is 18.8 Å². The van der Waals surface area contributed by atoms with Crippen molar-refractivity contribution in [2.45, 2.75) is 44.6 Å². The maximum atomic E-state index is 12.3. The molecule has 4 aliphatic rings. The van der Waals surface area contributed by atoms with Crippen LogP contribution >= 0.6 is 0 Å². The minimum Gasteiger partial charge on any atom is -0.394 e. The van der Waals surface area contributed by atoms with Gasteiger partial charge in [0, 0.05) is 25.4 Å². The van der Waals surface area contributed by atoms with E-state index in [0.29, 0.717) is 5.41 Å². The molecule has 1 aromatic heterocycles. The lowest BCUT2D eigenvalue weighted by Crippen LogP contribution is -2.52. The summed E-state index contributed by atoms with van der Waals surface area (Å²) in [5.41, 5.74) is 1.15. The Balaban J connectivity index is 1.33. The number of aromatic nitrogens is 2. The van der Waals surface area contributed by atoms with Crippen molar-refractivity contribution in [1.82, 2.24) is 20.4 Å². The second-order valence-electron chi connectivity index (χ2n) is 8.43. The first-order valence-electron chi connectivity index (χ1n) is 9.19. The fourth-order valence-electron chi connectivity index (χ4n) is 5.84. The van der Waals surface area contributed by atoms with Crippen molar-refractivity contribution in [3.05, 3.63) is 18.0 Å². The van der Waals surface area contributed by atoms with E-state index in [-0.39, 0.29) is 12.6 Å². The molecule has 6 nitrogen and oxygen atoms in total. The largest absolute Gasteiger partial charge is 0.394 e. The molecule has 4 bridgehead atoms. The molecule has 0 aliphatic heterocycles. The Labute approximate surface area is 143 Å². The predicted molar refractivity (Wildman–Crippen MR) is 90.2 cm³/mol. The Morgan fingerprint density at radius 2 is 1.96 bits per heavy atom. The molecule has 4 fully saturated rings. The summed E-state index contributed by atoms with van der Waals surface area (Å²) >= 11 is 0. The zero-order chi connectivity index (χ0) is 16.7. The number of hydrogen-bond donors (Lipinski definition) is 3. The van der Waals surface area contributed by atoms with Crippen LogP contribution in [-0.2, 0) is 7.05 Å². The van der Waals surface area contributed by atoms with Gasteiger partial charge in [0.25, 0.3) is 0 Å². The fourth-order valence-corrected chi connectivity index (χ4v) is 5.84. The van der Waals surface area contributed by atoms with Gasteiger partial charge in [-0.15, -0.1) is 0 Å². The molecule has 1 heterocycles. The number of aliphatic hydroxyl groups excluding tert-OH is 1. The van der Waals surface area contributed by atoms with Crippen molar-refractivity contribution >= 4 is 6.03 Å². The third-order valence-corrected chi connectivity index (χ3v) is 6.40. The minimum atomic E-state index is -0.407. The molecule has 1 aromatic rings. The van der Waals surface area contributed by atoms with Crippen molar-refractivity contribution in [2.24, 2.45) is 30.2 Å². The van der Waals surface area contributed by atoms with Gasteiger partial charge in [-0.3, -0.25) is 4.68 Å². The van der Waals surface area contributed by atoms with E-state index in [1.54, 1.807) is 10.9 Å². The maximum absolute atomic E-state index is 12.3. The zero-order valence-electron chi connectivity index (χ0n) is 14.4. The highest BCUT2D eigenvalue weighted by molar-refractivity contribution is 5.74. The van der Waals surface area contributed by atoms with Crippen molar-refractivity contribution in [3.8, 4) is 0 Å². The van der Waals surface area contributed by atoms with Crippen LogP contribution in [0.25, 0.3) is 0 Å². The molecular formula is C18H28N4O2. The summed E-state index contributed by atoms with van der Waals surface area (Å²) in [7, 11) is 1.82. The maximum Gasteiger partial charge on any atom is 0.315 e. The van der Waals surface area contributed by atoms with Crippen LogP contribution in [0.2, 0.25) is 0 Å². The van der Waals surface area contributed by atoms with Gasteiger partial charge in [-0.05, 0) is 61.7 Å². The van der Waals surface area contributed by atoms with Crippen LogP contribution < -0.4 is 10.6 Å². The van der Waals surface area contributed by atoms with Crippen molar-refractivity contribution in [3.63, 3.8) is 0 Å². The van der Waals surface area contributed by atoms with Gasteiger partial charge in [0.15, 0.2) is 0 Å². The van der Waals surface area contributed by atoms with E-state index in [2.05, 4.69) is 15.7 Å². The number of amides is 2. The second-order valence-corrected chi connectivity index (χ2v) is 8.43. The summed E-state index contributed by atoms with van der Waals surface area (Å²) in [6, 6.07) is -0.594. The predicted octanol–water partition coefficient (Wildman–Crippen LogP) is 1.97. The summed E-state index contributed by atoms with van der Waals surface area (Å²) in [5, 5.41) is 19.6. The van der Waals surface area contributed by atoms with Gasteiger partial charge in [-0.1, -0.05) is 0 Å². The SMILES string of the molecule is Cn1cc([C@@H](CO)NC(=O)NCC23CC4CC(CC(C4)C2)C3)cn1. The Morgan fingerprint density at radius 1 is 1.33 bits per heavy atom. The van der Waals surface area contributed by atoms with Crippen molar-refractivity contribution < 1.29 is 9.90 Å². The number of nitrogens with one attached hydrogen (secondary N) is 2. The van der Waals surface area contributed by atoms with E-state index < -0.39 is 6.04 Å². The minimum absolute atomic E-state index is 0.128. The number of nitrogens with zero attached hydrogens (tertiary/aromatic N) is 2. The van der Waals surface area contributed by atoms with Crippen LogP contribution in [0.5, 0.6) is 0 Å². The number of carbonyl (C=O) groups is 1. The fraction of sp³-hybridized carbons (Fsp3) is 0.778. The lowest BCUT2D eigenvalue weighted by atomic mass is 9.49. The molecule has 0 radical (unpaired) electrons. The molecule has 3 N–H and O–H groups in total. The van der Waals surface area contributed by atoms with Gasteiger partial charge in [-0.2, -0.15) is 5.10 Å². The van der Waals surface area contributed by atoms with E-state index in [1.807, 2.05) is 13.2 Å². The van der Waals surface area contributed by atoms with Gasteiger partial charge in [-0.25, -0.2) is 4.79 Å². The Kier molecular flexibility index (Phi) is 4.03. The molecule has 4 saturated carbocycles. The highest BCUT2D eigenvalue weighted by atomic mass is 16.3. The number of hydrogen-bond acceptors (Lipinski definition) is 3. The summed E-state index contributed by atoms with van der Waals surface area (Å²) in [5.74, 6) is 2.67. The first-order chi connectivity index (χ1) is 11.5. The van der Waals surface area contributed by atoms with Crippen LogP contribution in [0.15, 0.2) is 12.4 Å². The Hall–Kier alpha value is -1.56. The number of rotatable bonds is 5. The van der Waals surface area contributed by atoms with E-state index in [1.165, 1.54) is 38.5 Å². The average molecular weight is 332 g/mol. The number of aryl methyl sites for hydroxylation is 1. The van der Waals surface area contributed by atoms with Gasteiger partial charge in [0.2, 0.25) is 0 Å². The first kappa shape index (κ1) is 15.9. The molecule has 0 unspecified atom stereocenters. The average Bonchev–Trinajstić information content (AvgIpc) is 2.96. The molecule has 0 aromatic carbocycles. The van der Waals surface area contributed by atoms with Crippen LogP contribution in [-0.4, -0.2) is 34.1 Å². The monoisotopic (exact) mass is 332 g/mol. The summed E-state index contributed by atoms with van der Waals surface area (Å²) in [6.07, 6.45) is 11.6. The van der Waals surface area contributed by atoms with E-state index >= 15 is 0 Å². The molecule has 5 rings (SSSR count). The quantitative estimate of drug-likeness (QED) is 0.771. The van der Waals surface area contributed by atoms with E-state index in [4.69, 9.17) is 0 Å². The highest BCUT2D eigenvalue weighted by Gasteiger charge is 2.50. The first-order valence-corrected chi connectivity index (χ1v) is 9.19. The highest BCUT2D eigenvalue weighted by Crippen LogP contribution is 2.59. The lowest BCUT2D eigenvalue weighted by molar-refractivity contribution is -0.0498. The lowest BCUT2D eigenvalue weighted by Gasteiger charge is -2.56. The number of carbonyl (C=O) groups excluding carboxylic acids is 1. The van der Waals surface area contributed by atoms with Crippen LogP contribution in [0.4, 0.5) is 4.79 Å². The normalized spacial score (nSPS) is 35.0. The Morgan fingerprint density at radius 3 is 2.46 bits per heavy atom.